The summed E-state index contributed by atoms with van der Waals surface area (Å²) in [5.41, 5.74) is 2.27. The topological polar surface area (TPSA) is 50.5 Å². The number of aryl methyl sites for hydroxylation is 1. The third-order valence-corrected chi connectivity index (χ3v) is 4.80. The van der Waals surface area contributed by atoms with Crippen LogP contribution in [-0.2, 0) is 0 Å². The predicted molar refractivity (Wildman–Crippen MR) is 96.7 cm³/mol. The fourth-order valence-electron chi connectivity index (χ4n) is 3.82. The minimum absolute atomic E-state index is 0.0985. The van der Waals surface area contributed by atoms with Gasteiger partial charge in [-0.3, -0.25) is 4.79 Å². The van der Waals surface area contributed by atoms with E-state index in [0.717, 1.165) is 30.0 Å². The molecule has 0 saturated carbocycles. The molecule has 2 atom stereocenters. The lowest BCUT2D eigenvalue weighted by molar-refractivity contribution is 0.354. The summed E-state index contributed by atoms with van der Waals surface area (Å²) in [4.78, 5) is 19.7. The van der Waals surface area contributed by atoms with E-state index < -0.39 is 0 Å². The van der Waals surface area contributed by atoms with Gasteiger partial charge in [-0.1, -0.05) is 25.5 Å². The Balaban J connectivity index is 1.87. The van der Waals surface area contributed by atoms with E-state index in [9.17, 15) is 4.79 Å². The fraction of sp³-hybridized carbons (Fsp3) is 0.421. The van der Waals surface area contributed by atoms with Crippen LogP contribution in [0.25, 0.3) is 16.6 Å². The molecule has 5 heteroatoms. The molecule has 1 aliphatic heterocycles. The number of anilines is 1. The third kappa shape index (κ3) is 2.54. The van der Waals surface area contributed by atoms with Crippen LogP contribution in [-0.4, -0.2) is 27.7 Å². The first-order valence-electron chi connectivity index (χ1n) is 8.56. The Morgan fingerprint density at radius 2 is 1.83 bits per heavy atom. The highest BCUT2D eigenvalue weighted by atomic mass is 16.1. The van der Waals surface area contributed by atoms with E-state index in [2.05, 4.69) is 28.8 Å². The minimum Gasteiger partial charge on any atom is -0.355 e. The molecule has 1 saturated heterocycles. The average Bonchev–Trinajstić information content (AvgIpc) is 2.55. The van der Waals surface area contributed by atoms with Crippen LogP contribution in [0.2, 0.25) is 0 Å². The van der Waals surface area contributed by atoms with Crippen molar-refractivity contribution in [1.82, 2.24) is 14.6 Å². The zero-order valence-electron chi connectivity index (χ0n) is 14.4. The monoisotopic (exact) mass is 322 g/mol. The van der Waals surface area contributed by atoms with Crippen molar-refractivity contribution in [3.8, 4) is 0 Å². The number of piperidine rings is 1. The van der Waals surface area contributed by atoms with E-state index in [1.807, 2.05) is 37.3 Å². The van der Waals surface area contributed by atoms with Gasteiger partial charge in [0.25, 0.3) is 5.56 Å². The van der Waals surface area contributed by atoms with Gasteiger partial charge in [0, 0.05) is 13.1 Å². The second-order valence-electron chi connectivity index (χ2n) is 7.25. The lowest BCUT2D eigenvalue weighted by Gasteiger charge is -2.35. The number of fused-ring (bicyclic) bond motifs is 2. The van der Waals surface area contributed by atoms with Gasteiger partial charge in [-0.15, -0.1) is 5.10 Å². The smallest absolute Gasteiger partial charge is 0.282 e. The number of rotatable bonds is 1. The molecule has 2 unspecified atom stereocenters. The first kappa shape index (κ1) is 15.1. The van der Waals surface area contributed by atoms with Gasteiger partial charge in [-0.05, 0) is 49.4 Å². The lowest BCUT2D eigenvalue weighted by Crippen LogP contribution is -2.39. The number of hydrogen-bond acceptors (Lipinski definition) is 4. The normalized spacial score (nSPS) is 21.5. The van der Waals surface area contributed by atoms with Gasteiger partial charge in [0.05, 0.1) is 10.9 Å². The van der Waals surface area contributed by atoms with Crippen LogP contribution in [0.3, 0.4) is 0 Å². The highest BCUT2D eigenvalue weighted by Gasteiger charge is 2.23. The van der Waals surface area contributed by atoms with Gasteiger partial charge >= 0.3 is 0 Å². The van der Waals surface area contributed by atoms with Crippen molar-refractivity contribution in [1.29, 1.82) is 0 Å². The van der Waals surface area contributed by atoms with E-state index in [-0.39, 0.29) is 5.56 Å². The summed E-state index contributed by atoms with van der Waals surface area (Å²) in [7, 11) is 0. The summed E-state index contributed by atoms with van der Waals surface area (Å²) in [6.45, 7) is 8.49. The quantitative estimate of drug-likeness (QED) is 0.646. The SMILES string of the molecule is Cc1ccc2nc3ccc(N4CC(C)CC(C)C4)nn3c(=O)c2c1. The molecule has 1 aliphatic rings. The van der Waals surface area contributed by atoms with Crippen LogP contribution in [0.5, 0.6) is 0 Å². The van der Waals surface area contributed by atoms with Crippen molar-refractivity contribution in [3.05, 3.63) is 46.2 Å². The molecule has 3 aromatic rings. The second-order valence-corrected chi connectivity index (χ2v) is 7.25. The van der Waals surface area contributed by atoms with Crippen molar-refractivity contribution in [2.45, 2.75) is 27.2 Å². The maximum Gasteiger partial charge on any atom is 0.282 e. The molecule has 0 spiro atoms. The van der Waals surface area contributed by atoms with Crippen molar-refractivity contribution >= 4 is 22.4 Å². The van der Waals surface area contributed by atoms with Crippen molar-refractivity contribution in [2.24, 2.45) is 11.8 Å². The molecular formula is C19H22N4O. The van der Waals surface area contributed by atoms with Crippen LogP contribution >= 0.6 is 0 Å². The maximum absolute atomic E-state index is 12.8. The zero-order valence-corrected chi connectivity index (χ0v) is 14.4. The molecule has 24 heavy (non-hydrogen) atoms. The zero-order chi connectivity index (χ0) is 16.8. The van der Waals surface area contributed by atoms with Crippen molar-refractivity contribution in [2.75, 3.05) is 18.0 Å². The summed E-state index contributed by atoms with van der Waals surface area (Å²) in [5.74, 6) is 2.14. The molecule has 1 fully saturated rings. The van der Waals surface area contributed by atoms with Gasteiger partial charge in [0.15, 0.2) is 5.65 Å². The standard InChI is InChI=1S/C19H22N4O/c1-12-4-5-16-15(9-12)19(24)23-17(20-16)6-7-18(21-23)22-10-13(2)8-14(3)11-22/h4-7,9,13-14H,8,10-11H2,1-3H3. The molecule has 2 aromatic heterocycles. The van der Waals surface area contributed by atoms with Gasteiger partial charge in [-0.2, -0.15) is 4.52 Å². The Morgan fingerprint density at radius 1 is 1.08 bits per heavy atom. The average molecular weight is 322 g/mol. The molecule has 0 amide bonds. The molecule has 5 nitrogen and oxygen atoms in total. The number of aromatic nitrogens is 3. The third-order valence-electron chi connectivity index (χ3n) is 4.80. The number of hydrogen-bond donors (Lipinski definition) is 0. The van der Waals surface area contributed by atoms with Crippen molar-refractivity contribution < 1.29 is 0 Å². The molecule has 0 bridgehead atoms. The fourth-order valence-corrected chi connectivity index (χ4v) is 3.82. The van der Waals surface area contributed by atoms with E-state index in [1.54, 1.807) is 0 Å². The van der Waals surface area contributed by atoms with Crippen LogP contribution in [0.1, 0.15) is 25.8 Å². The lowest BCUT2D eigenvalue weighted by atomic mass is 9.92. The number of benzene rings is 1. The highest BCUT2D eigenvalue weighted by molar-refractivity contribution is 5.80. The highest BCUT2D eigenvalue weighted by Crippen LogP contribution is 2.25. The van der Waals surface area contributed by atoms with Crippen LogP contribution in [0.15, 0.2) is 35.1 Å². The largest absolute Gasteiger partial charge is 0.355 e. The Labute approximate surface area is 140 Å². The summed E-state index contributed by atoms with van der Waals surface area (Å²) < 4.78 is 1.45. The van der Waals surface area contributed by atoms with Crippen LogP contribution < -0.4 is 10.5 Å². The van der Waals surface area contributed by atoms with Crippen molar-refractivity contribution in [3.63, 3.8) is 0 Å². The maximum atomic E-state index is 12.8. The molecule has 3 heterocycles. The first-order valence-corrected chi connectivity index (χ1v) is 8.56. The van der Waals surface area contributed by atoms with E-state index in [1.165, 1.54) is 10.9 Å². The van der Waals surface area contributed by atoms with E-state index in [0.29, 0.717) is 22.9 Å². The number of nitrogens with zero attached hydrogens (tertiary/aromatic N) is 4. The minimum atomic E-state index is -0.0985. The van der Waals surface area contributed by atoms with Gasteiger partial charge in [0.1, 0.15) is 5.82 Å². The molecule has 1 aromatic carbocycles. The molecule has 124 valence electrons. The first-order chi connectivity index (χ1) is 11.5. The van der Waals surface area contributed by atoms with Crippen LogP contribution in [0.4, 0.5) is 5.82 Å². The Morgan fingerprint density at radius 3 is 2.58 bits per heavy atom. The molecular weight excluding hydrogens is 300 g/mol. The Kier molecular flexibility index (Phi) is 3.52. The Hall–Kier alpha value is -2.43. The molecule has 0 radical (unpaired) electrons. The van der Waals surface area contributed by atoms with Gasteiger partial charge in [-0.25, -0.2) is 4.98 Å². The summed E-state index contributed by atoms with van der Waals surface area (Å²) in [6.07, 6.45) is 1.25. The van der Waals surface area contributed by atoms with E-state index >= 15 is 0 Å². The molecule has 0 N–H and O–H groups in total. The summed E-state index contributed by atoms with van der Waals surface area (Å²) in [6, 6.07) is 9.63. The van der Waals surface area contributed by atoms with Crippen LogP contribution in [0, 0.1) is 18.8 Å². The second kappa shape index (κ2) is 5.58. The van der Waals surface area contributed by atoms with Gasteiger partial charge in [0.2, 0.25) is 0 Å². The van der Waals surface area contributed by atoms with E-state index in [4.69, 9.17) is 0 Å². The van der Waals surface area contributed by atoms with Gasteiger partial charge < -0.3 is 4.90 Å². The predicted octanol–water partition coefficient (Wildman–Crippen LogP) is 3.03. The molecule has 4 rings (SSSR count). The summed E-state index contributed by atoms with van der Waals surface area (Å²) in [5, 5.41) is 5.24. The summed E-state index contributed by atoms with van der Waals surface area (Å²) >= 11 is 0. The molecule has 0 aliphatic carbocycles. The Bertz CT molecular complexity index is 968.